The SMILES string of the molecule is CN(C)C1CCCCC1Oc1ccon1. The van der Waals surface area contributed by atoms with Crippen molar-refractivity contribution in [1.82, 2.24) is 10.1 Å². The van der Waals surface area contributed by atoms with Crippen LogP contribution in [0.3, 0.4) is 0 Å². The molecule has 0 aliphatic heterocycles. The van der Waals surface area contributed by atoms with E-state index in [4.69, 9.17) is 9.26 Å². The summed E-state index contributed by atoms with van der Waals surface area (Å²) in [5.41, 5.74) is 0. The Labute approximate surface area is 90.2 Å². The summed E-state index contributed by atoms with van der Waals surface area (Å²) in [6, 6.07) is 2.26. The van der Waals surface area contributed by atoms with Crippen LogP contribution < -0.4 is 4.74 Å². The Morgan fingerprint density at radius 2 is 2.20 bits per heavy atom. The molecule has 0 saturated heterocycles. The highest BCUT2D eigenvalue weighted by Gasteiger charge is 2.28. The molecule has 1 saturated carbocycles. The van der Waals surface area contributed by atoms with E-state index >= 15 is 0 Å². The summed E-state index contributed by atoms with van der Waals surface area (Å²) in [4.78, 5) is 2.24. The van der Waals surface area contributed by atoms with Gasteiger partial charge in [-0.1, -0.05) is 6.42 Å². The molecule has 84 valence electrons. The van der Waals surface area contributed by atoms with Crippen LogP contribution in [0, 0.1) is 0 Å². The number of hydrogen-bond acceptors (Lipinski definition) is 4. The third kappa shape index (κ3) is 2.50. The van der Waals surface area contributed by atoms with Crippen molar-refractivity contribution < 1.29 is 9.26 Å². The van der Waals surface area contributed by atoms with Gasteiger partial charge in [-0.05, 0) is 38.5 Å². The van der Waals surface area contributed by atoms with E-state index < -0.39 is 0 Å². The smallest absolute Gasteiger partial charge is 0.254 e. The van der Waals surface area contributed by atoms with Crippen molar-refractivity contribution in [1.29, 1.82) is 0 Å². The lowest BCUT2D eigenvalue weighted by atomic mass is 9.92. The number of aromatic nitrogens is 1. The van der Waals surface area contributed by atoms with Gasteiger partial charge < -0.3 is 14.2 Å². The molecule has 0 aromatic carbocycles. The van der Waals surface area contributed by atoms with Crippen molar-refractivity contribution >= 4 is 0 Å². The van der Waals surface area contributed by atoms with E-state index in [1.165, 1.54) is 19.3 Å². The number of nitrogens with zero attached hydrogens (tertiary/aromatic N) is 2. The molecular formula is C11H18N2O2. The second-order valence-corrected chi connectivity index (χ2v) is 4.31. The monoisotopic (exact) mass is 210 g/mol. The molecule has 0 radical (unpaired) electrons. The largest absolute Gasteiger partial charge is 0.471 e. The van der Waals surface area contributed by atoms with Crippen molar-refractivity contribution in [3.05, 3.63) is 12.3 Å². The zero-order chi connectivity index (χ0) is 10.7. The number of ether oxygens (including phenoxy) is 1. The predicted molar refractivity (Wildman–Crippen MR) is 56.9 cm³/mol. The molecule has 1 aromatic heterocycles. The Hall–Kier alpha value is -1.03. The Balaban J connectivity index is 1.99. The van der Waals surface area contributed by atoms with Gasteiger partial charge in [0.25, 0.3) is 5.88 Å². The maximum atomic E-state index is 5.82. The van der Waals surface area contributed by atoms with Gasteiger partial charge in [-0.25, -0.2) is 0 Å². The minimum atomic E-state index is 0.249. The molecule has 1 aliphatic carbocycles. The lowest BCUT2D eigenvalue weighted by molar-refractivity contribution is 0.0561. The Kier molecular flexibility index (Phi) is 3.26. The Morgan fingerprint density at radius 3 is 2.87 bits per heavy atom. The molecule has 0 N–H and O–H groups in total. The van der Waals surface area contributed by atoms with Crippen LogP contribution in [0.15, 0.2) is 16.9 Å². The molecule has 0 spiro atoms. The summed E-state index contributed by atoms with van der Waals surface area (Å²) in [5.74, 6) is 0.605. The lowest BCUT2D eigenvalue weighted by Crippen LogP contribution is -2.44. The summed E-state index contributed by atoms with van der Waals surface area (Å²) in [6.45, 7) is 0. The number of hydrogen-bond donors (Lipinski definition) is 0. The summed E-state index contributed by atoms with van der Waals surface area (Å²) in [7, 11) is 4.21. The van der Waals surface area contributed by atoms with Gasteiger partial charge in [-0.2, -0.15) is 0 Å². The summed E-state index contributed by atoms with van der Waals surface area (Å²) in [5, 5.41) is 3.79. The van der Waals surface area contributed by atoms with Crippen LogP contribution >= 0.6 is 0 Å². The van der Waals surface area contributed by atoms with E-state index in [0.717, 1.165) is 6.42 Å². The lowest BCUT2D eigenvalue weighted by Gasteiger charge is -2.35. The van der Waals surface area contributed by atoms with Gasteiger partial charge in [0, 0.05) is 12.1 Å². The quantitative estimate of drug-likeness (QED) is 0.764. The van der Waals surface area contributed by atoms with Crippen LogP contribution in [-0.4, -0.2) is 36.3 Å². The van der Waals surface area contributed by atoms with Crippen LogP contribution in [0.25, 0.3) is 0 Å². The average Bonchev–Trinajstić information content (AvgIpc) is 2.71. The van der Waals surface area contributed by atoms with Gasteiger partial charge in [0.15, 0.2) is 0 Å². The van der Waals surface area contributed by atoms with Crippen LogP contribution in [-0.2, 0) is 0 Å². The minimum absolute atomic E-state index is 0.249. The molecule has 1 heterocycles. The van der Waals surface area contributed by atoms with E-state index in [0.29, 0.717) is 11.9 Å². The fourth-order valence-corrected chi connectivity index (χ4v) is 2.22. The van der Waals surface area contributed by atoms with Crippen molar-refractivity contribution in [3.8, 4) is 5.88 Å². The second-order valence-electron chi connectivity index (χ2n) is 4.31. The third-order valence-electron chi connectivity index (χ3n) is 3.02. The highest BCUT2D eigenvalue weighted by molar-refractivity contribution is 5.04. The molecule has 4 nitrogen and oxygen atoms in total. The van der Waals surface area contributed by atoms with Crippen molar-refractivity contribution in [2.75, 3.05) is 14.1 Å². The molecule has 2 unspecified atom stereocenters. The molecule has 2 atom stereocenters. The fraction of sp³-hybridized carbons (Fsp3) is 0.727. The fourth-order valence-electron chi connectivity index (χ4n) is 2.22. The standard InChI is InChI=1S/C11H18N2O2/c1-13(2)9-5-3-4-6-10(9)15-11-7-8-14-12-11/h7-10H,3-6H2,1-2H3. The topological polar surface area (TPSA) is 38.5 Å². The zero-order valence-corrected chi connectivity index (χ0v) is 9.35. The zero-order valence-electron chi connectivity index (χ0n) is 9.35. The molecule has 0 bridgehead atoms. The molecule has 4 heteroatoms. The summed E-state index contributed by atoms with van der Waals surface area (Å²) in [6.07, 6.45) is 6.64. The molecule has 1 aromatic rings. The third-order valence-corrected chi connectivity index (χ3v) is 3.02. The molecule has 2 rings (SSSR count). The first-order valence-electron chi connectivity index (χ1n) is 5.51. The normalized spacial score (nSPS) is 26.9. The highest BCUT2D eigenvalue weighted by atomic mass is 16.5. The van der Waals surface area contributed by atoms with Crippen LogP contribution in [0.4, 0.5) is 0 Å². The predicted octanol–water partition coefficient (Wildman–Crippen LogP) is 1.93. The molecular weight excluding hydrogens is 192 g/mol. The van der Waals surface area contributed by atoms with E-state index in [1.807, 2.05) is 0 Å². The van der Waals surface area contributed by atoms with Crippen molar-refractivity contribution in [2.45, 2.75) is 37.8 Å². The first-order valence-corrected chi connectivity index (χ1v) is 5.51. The maximum absolute atomic E-state index is 5.82. The summed E-state index contributed by atoms with van der Waals surface area (Å²) >= 11 is 0. The van der Waals surface area contributed by atoms with Gasteiger partial charge in [-0.15, -0.1) is 0 Å². The molecule has 0 amide bonds. The van der Waals surface area contributed by atoms with Crippen LogP contribution in [0.1, 0.15) is 25.7 Å². The Bertz CT molecular complexity index is 285. The summed E-state index contributed by atoms with van der Waals surface area (Å²) < 4.78 is 10.6. The maximum Gasteiger partial charge on any atom is 0.254 e. The first kappa shape index (κ1) is 10.5. The van der Waals surface area contributed by atoms with Crippen molar-refractivity contribution in [2.24, 2.45) is 0 Å². The van der Waals surface area contributed by atoms with E-state index in [1.54, 1.807) is 12.3 Å². The van der Waals surface area contributed by atoms with Crippen LogP contribution in [0.5, 0.6) is 5.88 Å². The van der Waals surface area contributed by atoms with E-state index in [-0.39, 0.29) is 6.10 Å². The van der Waals surface area contributed by atoms with Crippen LogP contribution in [0.2, 0.25) is 0 Å². The number of rotatable bonds is 3. The first-order chi connectivity index (χ1) is 7.27. The number of likely N-dealkylation sites (N-methyl/N-ethyl adjacent to an activating group) is 1. The van der Waals surface area contributed by atoms with Crippen molar-refractivity contribution in [3.63, 3.8) is 0 Å². The Morgan fingerprint density at radius 1 is 1.40 bits per heavy atom. The molecule has 1 fully saturated rings. The van der Waals surface area contributed by atoms with Gasteiger partial charge in [0.2, 0.25) is 0 Å². The van der Waals surface area contributed by atoms with E-state index in [2.05, 4.69) is 24.2 Å². The minimum Gasteiger partial charge on any atom is -0.471 e. The molecule has 1 aliphatic rings. The van der Waals surface area contributed by atoms with E-state index in [9.17, 15) is 0 Å². The molecule has 15 heavy (non-hydrogen) atoms. The van der Waals surface area contributed by atoms with Gasteiger partial charge in [0.05, 0.1) is 0 Å². The van der Waals surface area contributed by atoms with Gasteiger partial charge in [0.1, 0.15) is 12.4 Å². The second kappa shape index (κ2) is 4.66. The highest BCUT2D eigenvalue weighted by Crippen LogP contribution is 2.25. The van der Waals surface area contributed by atoms with Gasteiger partial charge in [-0.3, -0.25) is 0 Å². The van der Waals surface area contributed by atoms with Gasteiger partial charge >= 0.3 is 0 Å². The average molecular weight is 210 g/mol.